The van der Waals surface area contributed by atoms with E-state index in [9.17, 15) is 18.0 Å². The summed E-state index contributed by atoms with van der Waals surface area (Å²) in [6, 6.07) is 1.87. The van der Waals surface area contributed by atoms with E-state index in [1.807, 2.05) is 16.8 Å². The molecule has 0 atom stereocenters. The smallest absolute Gasteiger partial charge is 0.334 e. The Bertz CT molecular complexity index is 348. The van der Waals surface area contributed by atoms with Crippen LogP contribution >= 0.6 is 11.3 Å². The van der Waals surface area contributed by atoms with E-state index < -0.39 is 18.6 Å². The Balaban J connectivity index is 2.44. The van der Waals surface area contributed by atoms with Crippen molar-refractivity contribution < 1.29 is 18.0 Å². The Morgan fingerprint density at radius 1 is 1.47 bits per heavy atom. The van der Waals surface area contributed by atoms with Crippen LogP contribution in [-0.2, 0) is 11.2 Å². The molecule has 0 unspecified atom stereocenters. The fourth-order valence-electron chi connectivity index (χ4n) is 1.44. The predicted molar refractivity (Wildman–Crippen MR) is 60.9 cm³/mol. The first kappa shape index (κ1) is 14.0. The van der Waals surface area contributed by atoms with Crippen LogP contribution in [0, 0.1) is 0 Å². The summed E-state index contributed by atoms with van der Waals surface area (Å²) in [5.41, 5.74) is 0.992. The van der Waals surface area contributed by atoms with Gasteiger partial charge in [0.05, 0.1) is 0 Å². The summed E-state index contributed by atoms with van der Waals surface area (Å²) in [5, 5.41) is 3.78. The maximum absolute atomic E-state index is 12.2. The molecule has 17 heavy (non-hydrogen) atoms. The summed E-state index contributed by atoms with van der Waals surface area (Å²) < 4.78 is 36.5. The predicted octanol–water partition coefficient (Wildman–Crippen LogP) is 3.09. The van der Waals surface area contributed by atoms with Crippen LogP contribution in [0.1, 0.15) is 18.9 Å². The number of carbonyl (C=O) groups is 1. The largest absolute Gasteiger partial charge is 0.406 e. The number of nitrogens with zero attached hydrogens (tertiary/aromatic N) is 1. The van der Waals surface area contributed by atoms with Gasteiger partial charge in [0.15, 0.2) is 0 Å². The van der Waals surface area contributed by atoms with Crippen molar-refractivity contribution in [2.45, 2.75) is 25.9 Å². The van der Waals surface area contributed by atoms with Crippen molar-refractivity contribution in [3.8, 4) is 0 Å². The third kappa shape index (κ3) is 5.21. The van der Waals surface area contributed by atoms with Gasteiger partial charge in [0.25, 0.3) is 0 Å². The highest BCUT2D eigenvalue weighted by Crippen LogP contribution is 2.17. The van der Waals surface area contributed by atoms with Gasteiger partial charge >= 0.3 is 6.18 Å². The highest BCUT2D eigenvalue weighted by Gasteiger charge is 2.31. The molecular formula is C11H14F3NOS. The fraction of sp³-hybridized carbons (Fsp3) is 0.545. The minimum atomic E-state index is -4.33. The van der Waals surface area contributed by atoms with E-state index in [-0.39, 0.29) is 13.0 Å². The van der Waals surface area contributed by atoms with Crippen LogP contribution in [0.5, 0.6) is 0 Å². The van der Waals surface area contributed by atoms with Crippen LogP contribution < -0.4 is 0 Å². The van der Waals surface area contributed by atoms with E-state index in [0.717, 1.165) is 10.5 Å². The lowest BCUT2D eigenvalue weighted by atomic mass is 10.2. The van der Waals surface area contributed by atoms with Crippen LogP contribution in [0.2, 0.25) is 0 Å². The van der Waals surface area contributed by atoms with Gasteiger partial charge in [-0.05, 0) is 35.7 Å². The van der Waals surface area contributed by atoms with Crippen molar-refractivity contribution in [2.75, 3.05) is 13.1 Å². The first-order valence-corrected chi connectivity index (χ1v) is 6.22. The number of thiophene rings is 1. The van der Waals surface area contributed by atoms with E-state index in [2.05, 4.69) is 0 Å². The zero-order valence-electron chi connectivity index (χ0n) is 9.46. The standard InChI is InChI=1S/C11H14F3NOS/c1-2-15(8-11(12,13)14)10(16)4-3-9-5-6-17-7-9/h5-7H,2-4,8H2,1H3. The van der Waals surface area contributed by atoms with E-state index in [1.54, 1.807) is 6.92 Å². The molecule has 0 aliphatic heterocycles. The van der Waals surface area contributed by atoms with Gasteiger partial charge < -0.3 is 4.90 Å². The number of hydrogen-bond acceptors (Lipinski definition) is 2. The third-order valence-electron chi connectivity index (χ3n) is 2.31. The summed E-state index contributed by atoms with van der Waals surface area (Å²) in [6.07, 6.45) is -3.70. The number of halogens is 3. The number of aryl methyl sites for hydroxylation is 1. The van der Waals surface area contributed by atoms with Crippen LogP contribution in [0.15, 0.2) is 16.8 Å². The van der Waals surface area contributed by atoms with Crippen LogP contribution in [0.4, 0.5) is 13.2 Å². The number of hydrogen-bond donors (Lipinski definition) is 0. The molecule has 6 heteroatoms. The Morgan fingerprint density at radius 3 is 2.65 bits per heavy atom. The molecule has 0 spiro atoms. The number of rotatable bonds is 5. The number of carbonyl (C=O) groups excluding carboxylic acids is 1. The van der Waals surface area contributed by atoms with Crippen LogP contribution in [0.25, 0.3) is 0 Å². The second kappa shape index (κ2) is 6.05. The van der Waals surface area contributed by atoms with E-state index in [0.29, 0.717) is 6.42 Å². The minimum absolute atomic E-state index is 0.0853. The molecule has 1 aromatic rings. The van der Waals surface area contributed by atoms with Crippen LogP contribution in [-0.4, -0.2) is 30.1 Å². The molecular weight excluding hydrogens is 251 g/mol. The highest BCUT2D eigenvalue weighted by atomic mass is 32.1. The SMILES string of the molecule is CCN(CC(F)(F)F)C(=O)CCc1ccsc1. The second-order valence-corrected chi connectivity index (χ2v) is 4.43. The molecule has 1 rings (SSSR count). The Labute approximate surface area is 102 Å². The monoisotopic (exact) mass is 265 g/mol. The lowest BCUT2D eigenvalue weighted by molar-refractivity contribution is -0.160. The highest BCUT2D eigenvalue weighted by molar-refractivity contribution is 7.07. The summed E-state index contributed by atoms with van der Waals surface area (Å²) >= 11 is 1.51. The summed E-state index contributed by atoms with van der Waals surface area (Å²) in [7, 11) is 0. The van der Waals surface area contributed by atoms with Gasteiger partial charge in [0, 0.05) is 13.0 Å². The molecule has 2 nitrogen and oxygen atoms in total. The first-order chi connectivity index (χ1) is 7.92. The molecule has 0 saturated heterocycles. The molecule has 0 fully saturated rings. The fourth-order valence-corrected chi connectivity index (χ4v) is 2.14. The first-order valence-electron chi connectivity index (χ1n) is 5.28. The van der Waals surface area contributed by atoms with Gasteiger partial charge in [-0.2, -0.15) is 24.5 Å². The van der Waals surface area contributed by atoms with Gasteiger partial charge in [-0.25, -0.2) is 0 Å². The van der Waals surface area contributed by atoms with Crippen molar-refractivity contribution in [1.82, 2.24) is 4.90 Å². The van der Waals surface area contributed by atoms with Gasteiger partial charge in [-0.3, -0.25) is 4.79 Å². The van der Waals surface area contributed by atoms with Crippen molar-refractivity contribution in [1.29, 1.82) is 0 Å². The molecule has 0 aliphatic rings. The average molecular weight is 265 g/mol. The number of alkyl halides is 3. The molecule has 0 aliphatic carbocycles. The summed E-state index contributed by atoms with van der Waals surface area (Å²) in [4.78, 5) is 12.4. The van der Waals surface area contributed by atoms with E-state index >= 15 is 0 Å². The van der Waals surface area contributed by atoms with Crippen molar-refractivity contribution >= 4 is 17.2 Å². The normalized spacial score (nSPS) is 11.5. The molecule has 0 N–H and O–H groups in total. The molecule has 0 bridgehead atoms. The van der Waals surface area contributed by atoms with Gasteiger partial charge in [-0.15, -0.1) is 0 Å². The molecule has 1 aromatic heterocycles. The number of amides is 1. The molecule has 0 aromatic carbocycles. The van der Waals surface area contributed by atoms with Gasteiger partial charge in [0.1, 0.15) is 6.54 Å². The van der Waals surface area contributed by atoms with Crippen molar-refractivity contribution in [2.24, 2.45) is 0 Å². The Kier molecular flexibility index (Phi) is 4.99. The quantitative estimate of drug-likeness (QED) is 0.801. The van der Waals surface area contributed by atoms with E-state index in [1.165, 1.54) is 11.3 Å². The lowest BCUT2D eigenvalue weighted by Crippen LogP contribution is -2.38. The Hall–Kier alpha value is -1.04. The molecule has 0 radical (unpaired) electrons. The van der Waals surface area contributed by atoms with Gasteiger partial charge in [0.2, 0.25) is 5.91 Å². The second-order valence-electron chi connectivity index (χ2n) is 3.65. The summed E-state index contributed by atoms with van der Waals surface area (Å²) in [6.45, 7) is 0.474. The molecule has 96 valence electrons. The minimum Gasteiger partial charge on any atom is -0.334 e. The van der Waals surface area contributed by atoms with Crippen LogP contribution in [0.3, 0.4) is 0 Å². The summed E-state index contributed by atoms with van der Waals surface area (Å²) in [5.74, 6) is -0.448. The zero-order chi connectivity index (χ0) is 12.9. The molecule has 1 amide bonds. The third-order valence-corrected chi connectivity index (χ3v) is 3.04. The molecule has 1 heterocycles. The topological polar surface area (TPSA) is 20.3 Å². The average Bonchev–Trinajstić information content (AvgIpc) is 2.74. The van der Waals surface area contributed by atoms with Gasteiger partial charge in [-0.1, -0.05) is 0 Å². The van der Waals surface area contributed by atoms with Crippen molar-refractivity contribution in [3.05, 3.63) is 22.4 Å². The lowest BCUT2D eigenvalue weighted by Gasteiger charge is -2.22. The van der Waals surface area contributed by atoms with Crippen molar-refractivity contribution in [3.63, 3.8) is 0 Å². The maximum atomic E-state index is 12.2. The maximum Gasteiger partial charge on any atom is 0.406 e. The van der Waals surface area contributed by atoms with E-state index in [4.69, 9.17) is 0 Å². The Morgan fingerprint density at radius 2 is 2.18 bits per heavy atom. The molecule has 0 saturated carbocycles. The zero-order valence-corrected chi connectivity index (χ0v) is 10.3.